The Morgan fingerprint density at radius 3 is 2.93 bits per heavy atom. The Labute approximate surface area is 100 Å². The molecule has 0 saturated heterocycles. The SMILES string of the molecule is O=C(O)c1ccc(Br)cc1OCC=CCl. The standard InChI is InChI=1S/C10H8BrClO3/c11-7-2-3-8(10(13)14)9(6-7)15-5-1-4-12/h1-4,6H,5H2,(H,13,14). The van der Waals surface area contributed by atoms with E-state index in [9.17, 15) is 4.79 Å². The van der Waals surface area contributed by atoms with Crippen LogP contribution in [0.1, 0.15) is 10.4 Å². The summed E-state index contributed by atoms with van der Waals surface area (Å²) in [5.74, 6) is -0.709. The predicted molar refractivity (Wildman–Crippen MR) is 61.6 cm³/mol. The number of benzene rings is 1. The highest BCUT2D eigenvalue weighted by atomic mass is 79.9. The van der Waals surface area contributed by atoms with Gasteiger partial charge in [0.1, 0.15) is 17.9 Å². The molecule has 0 saturated carbocycles. The number of hydrogen-bond acceptors (Lipinski definition) is 2. The van der Waals surface area contributed by atoms with E-state index in [0.29, 0.717) is 5.75 Å². The van der Waals surface area contributed by atoms with Crippen LogP contribution in [-0.2, 0) is 0 Å². The first kappa shape index (κ1) is 12.1. The fourth-order valence-electron chi connectivity index (χ4n) is 0.967. The van der Waals surface area contributed by atoms with Crippen molar-refractivity contribution in [2.24, 2.45) is 0 Å². The molecule has 0 fully saturated rings. The highest BCUT2D eigenvalue weighted by Crippen LogP contribution is 2.23. The average molecular weight is 292 g/mol. The van der Waals surface area contributed by atoms with Crippen LogP contribution in [0.3, 0.4) is 0 Å². The zero-order chi connectivity index (χ0) is 11.3. The van der Waals surface area contributed by atoms with Crippen LogP contribution in [0.25, 0.3) is 0 Å². The van der Waals surface area contributed by atoms with E-state index >= 15 is 0 Å². The molecule has 0 aromatic heterocycles. The second kappa shape index (κ2) is 5.78. The van der Waals surface area contributed by atoms with Crippen LogP contribution in [0, 0.1) is 0 Å². The number of carboxylic acids is 1. The molecule has 3 nitrogen and oxygen atoms in total. The summed E-state index contributed by atoms with van der Waals surface area (Å²) < 4.78 is 6.00. The number of ether oxygens (including phenoxy) is 1. The number of carboxylic acid groups (broad SMARTS) is 1. The summed E-state index contributed by atoms with van der Waals surface area (Å²) >= 11 is 8.55. The van der Waals surface area contributed by atoms with E-state index in [1.54, 1.807) is 18.2 Å². The van der Waals surface area contributed by atoms with Crippen molar-refractivity contribution in [3.8, 4) is 5.75 Å². The number of hydrogen-bond donors (Lipinski definition) is 1. The van der Waals surface area contributed by atoms with Gasteiger partial charge >= 0.3 is 5.97 Å². The van der Waals surface area contributed by atoms with Crippen molar-refractivity contribution in [2.75, 3.05) is 6.61 Å². The van der Waals surface area contributed by atoms with E-state index in [-0.39, 0.29) is 12.2 Å². The van der Waals surface area contributed by atoms with Gasteiger partial charge in [0.25, 0.3) is 0 Å². The number of aromatic carboxylic acids is 1. The molecular formula is C10H8BrClO3. The minimum Gasteiger partial charge on any atom is -0.489 e. The Balaban J connectivity index is 2.91. The van der Waals surface area contributed by atoms with Crippen LogP contribution in [0.15, 0.2) is 34.3 Å². The molecule has 0 unspecified atom stereocenters. The first-order valence-corrected chi connectivity index (χ1v) is 5.29. The summed E-state index contributed by atoms with van der Waals surface area (Å²) in [6.45, 7) is 0.236. The van der Waals surface area contributed by atoms with Crippen molar-refractivity contribution in [1.29, 1.82) is 0 Å². The third-order valence-corrected chi connectivity index (χ3v) is 2.27. The molecule has 0 aliphatic heterocycles. The Morgan fingerprint density at radius 2 is 2.33 bits per heavy atom. The highest BCUT2D eigenvalue weighted by Gasteiger charge is 2.10. The van der Waals surface area contributed by atoms with Crippen LogP contribution in [0.4, 0.5) is 0 Å². The first-order chi connectivity index (χ1) is 7.15. The molecule has 0 spiro atoms. The van der Waals surface area contributed by atoms with Crippen molar-refractivity contribution >= 4 is 33.5 Å². The Bertz CT molecular complexity index is 390. The van der Waals surface area contributed by atoms with E-state index in [1.165, 1.54) is 11.6 Å². The normalized spacial score (nSPS) is 10.5. The smallest absolute Gasteiger partial charge is 0.339 e. The topological polar surface area (TPSA) is 46.5 Å². The molecule has 1 N–H and O–H groups in total. The summed E-state index contributed by atoms with van der Waals surface area (Å²) in [6.07, 6.45) is 1.58. The Morgan fingerprint density at radius 1 is 1.60 bits per heavy atom. The second-order valence-electron chi connectivity index (χ2n) is 2.62. The number of rotatable bonds is 4. The largest absolute Gasteiger partial charge is 0.489 e. The minimum atomic E-state index is -1.02. The molecule has 0 atom stereocenters. The second-order valence-corrected chi connectivity index (χ2v) is 3.79. The van der Waals surface area contributed by atoms with Crippen LogP contribution < -0.4 is 4.74 Å². The van der Waals surface area contributed by atoms with Crippen molar-refractivity contribution in [3.05, 3.63) is 39.8 Å². The Kier molecular flexibility index (Phi) is 4.65. The van der Waals surface area contributed by atoms with Crippen LogP contribution in [-0.4, -0.2) is 17.7 Å². The Hall–Kier alpha value is -1.00. The predicted octanol–water partition coefficient (Wildman–Crippen LogP) is 3.28. The fraction of sp³-hybridized carbons (Fsp3) is 0.100. The monoisotopic (exact) mass is 290 g/mol. The van der Waals surface area contributed by atoms with Crippen LogP contribution >= 0.6 is 27.5 Å². The van der Waals surface area contributed by atoms with Crippen molar-refractivity contribution in [3.63, 3.8) is 0 Å². The molecule has 1 aromatic rings. The zero-order valence-electron chi connectivity index (χ0n) is 7.61. The minimum absolute atomic E-state index is 0.126. The number of halogens is 2. The number of carbonyl (C=O) groups is 1. The van der Waals surface area contributed by atoms with Gasteiger partial charge in [0, 0.05) is 10.0 Å². The van der Waals surface area contributed by atoms with Crippen LogP contribution in [0.5, 0.6) is 5.75 Å². The molecule has 80 valence electrons. The molecule has 1 rings (SSSR count). The highest BCUT2D eigenvalue weighted by molar-refractivity contribution is 9.10. The van der Waals surface area contributed by atoms with Gasteiger partial charge in [-0.3, -0.25) is 0 Å². The lowest BCUT2D eigenvalue weighted by Crippen LogP contribution is -2.03. The van der Waals surface area contributed by atoms with E-state index in [1.807, 2.05) is 0 Å². The van der Waals surface area contributed by atoms with Crippen LogP contribution in [0.2, 0.25) is 0 Å². The molecular weight excluding hydrogens is 283 g/mol. The maximum Gasteiger partial charge on any atom is 0.339 e. The van der Waals surface area contributed by atoms with Gasteiger partial charge in [-0.05, 0) is 24.3 Å². The molecule has 0 bridgehead atoms. The zero-order valence-corrected chi connectivity index (χ0v) is 9.96. The molecule has 0 amide bonds. The molecule has 0 heterocycles. The molecule has 0 aliphatic rings. The summed E-state index contributed by atoms with van der Waals surface area (Å²) in [4.78, 5) is 10.8. The summed E-state index contributed by atoms with van der Waals surface area (Å²) in [7, 11) is 0. The maximum absolute atomic E-state index is 10.8. The van der Waals surface area contributed by atoms with Gasteiger partial charge in [-0.1, -0.05) is 27.5 Å². The molecule has 5 heteroatoms. The van der Waals surface area contributed by atoms with E-state index in [4.69, 9.17) is 21.4 Å². The quantitative estimate of drug-likeness (QED) is 0.926. The summed E-state index contributed by atoms with van der Waals surface area (Å²) in [5.41, 5.74) is 1.44. The van der Waals surface area contributed by atoms with Gasteiger partial charge in [-0.25, -0.2) is 4.79 Å². The first-order valence-electron chi connectivity index (χ1n) is 4.06. The lowest BCUT2D eigenvalue weighted by molar-refractivity contribution is 0.0693. The fourth-order valence-corrected chi connectivity index (χ4v) is 1.38. The van der Waals surface area contributed by atoms with Gasteiger partial charge in [0.05, 0.1) is 0 Å². The van der Waals surface area contributed by atoms with E-state index in [2.05, 4.69) is 15.9 Å². The van der Waals surface area contributed by atoms with Crippen molar-refractivity contribution < 1.29 is 14.6 Å². The van der Waals surface area contributed by atoms with Crippen molar-refractivity contribution in [1.82, 2.24) is 0 Å². The van der Waals surface area contributed by atoms with Gasteiger partial charge in [0.2, 0.25) is 0 Å². The average Bonchev–Trinajstić information content (AvgIpc) is 2.18. The van der Waals surface area contributed by atoms with E-state index < -0.39 is 5.97 Å². The van der Waals surface area contributed by atoms with Gasteiger partial charge in [-0.2, -0.15) is 0 Å². The lowest BCUT2D eigenvalue weighted by atomic mass is 10.2. The van der Waals surface area contributed by atoms with E-state index in [0.717, 1.165) is 4.47 Å². The summed E-state index contributed by atoms with van der Waals surface area (Å²) in [6, 6.07) is 4.73. The molecule has 1 aromatic carbocycles. The molecule has 0 radical (unpaired) electrons. The molecule has 15 heavy (non-hydrogen) atoms. The lowest BCUT2D eigenvalue weighted by Gasteiger charge is -2.07. The summed E-state index contributed by atoms with van der Waals surface area (Å²) in [5, 5.41) is 8.87. The van der Waals surface area contributed by atoms with Gasteiger partial charge in [-0.15, -0.1) is 0 Å². The van der Waals surface area contributed by atoms with Gasteiger partial charge < -0.3 is 9.84 Å². The third kappa shape index (κ3) is 3.57. The third-order valence-electron chi connectivity index (χ3n) is 1.60. The maximum atomic E-state index is 10.8. The molecule has 0 aliphatic carbocycles. The van der Waals surface area contributed by atoms with Crippen molar-refractivity contribution in [2.45, 2.75) is 0 Å². The van der Waals surface area contributed by atoms with Gasteiger partial charge in [0.15, 0.2) is 0 Å².